The molecule has 1 aromatic rings. The fraction of sp³-hybridized carbons (Fsp3) is 0.533. The molecule has 0 saturated heterocycles. The van der Waals surface area contributed by atoms with Gasteiger partial charge in [-0.2, -0.15) is 0 Å². The summed E-state index contributed by atoms with van der Waals surface area (Å²) in [7, 11) is -2.29. The number of hydrogen-bond donors (Lipinski definition) is 2. The van der Waals surface area contributed by atoms with Crippen molar-refractivity contribution < 1.29 is 9.36 Å². The molecule has 112 valence electrons. The summed E-state index contributed by atoms with van der Waals surface area (Å²) in [6.07, 6.45) is 0.998. The highest BCUT2D eigenvalue weighted by molar-refractivity contribution is 7.63. The summed E-state index contributed by atoms with van der Waals surface area (Å²) in [5.41, 5.74) is 6.35. The number of rotatable bonds is 8. The molecule has 0 spiro atoms. The largest absolute Gasteiger partial charge is 0.370 e. The van der Waals surface area contributed by atoms with E-state index < -0.39 is 7.14 Å². The minimum atomic E-state index is -2.29. The maximum absolute atomic E-state index is 12.4. The second-order valence-electron chi connectivity index (χ2n) is 5.73. The van der Waals surface area contributed by atoms with Gasteiger partial charge in [0.15, 0.2) is 0 Å². The topological polar surface area (TPSA) is 72.2 Å². The Bertz CT molecular complexity index is 470. The normalized spacial score (nSPS) is 14.8. The van der Waals surface area contributed by atoms with Crippen molar-refractivity contribution in [1.82, 2.24) is 5.32 Å². The molecule has 3 N–H and O–H groups in total. The lowest BCUT2D eigenvalue weighted by Gasteiger charge is -2.28. The van der Waals surface area contributed by atoms with Gasteiger partial charge in [0, 0.05) is 13.0 Å². The van der Waals surface area contributed by atoms with Crippen LogP contribution in [0.15, 0.2) is 30.3 Å². The number of hydrogen-bond acceptors (Lipinski definition) is 3. The summed E-state index contributed by atoms with van der Waals surface area (Å²) in [6.45, 7) is 6.27. The van der Waals surface area contributed by atoms with E-state index in [0.717, 1.165) is 5.56 Å². The van der Waals surface area contributed by atoms with Crippen LogP contribution in [0.4, 0.5) is 0 Å². The summed E-state index contributed by atoms with van der Waals surface area (Å²) in [6, 6.07) is 10.0. The molecule has 1 amide bonds. The molecule has 2 atom stereocenters. The van der Waals surface area contributed by atoms with Gasteiger partial charge < -0.3 is 15.6 Å². The quantitative estimate of drug-likeness (QED) is 0.724. The molecule has 0 bridgehead atoms. The third-order valence-electron chi connectivity index (χ3n) is 3.41. The molecular weight excluding hydrogens is 271 g/mol. The lowest BCUT2D eigenvalue weighted by molar-refractivity contribution is -0.118. The number of benzene rings is 1. The predicted octanol–water partition coefficient (Wildman–Crippen LogP) is 2.63. The Morgan fingerprint density at radius 3 is 2.40 bits per heavy atom. The fourth-order valence-electron chi connectivity index (χ4n) is 2.38. The highest BCUT2D eigenvalue weighted by atomic mass is 31.2. The lowest BCUT2D eigenvalue weighted by atomic mass is 10.0. The van der Waals surface area contributed by atoms with Crippen LogP contribution in [-0.4, -0.2) is 25.0 Å². The molecule has 0 aliphatic heterocycles. The molecule has 0 fully saturated rings. The first kappa shape index (κ1) is 16.9. The minimum absolute atomic E-state index is 0.0953. The van der Waals surface area contributed by atoms with E-state index in [1.807, 2.05) is 37.3 Å². The van der Waals surface area contributed by atoms with Crippen LogP contribution in [-0.2, 0) is 15.9 Å². The standard InChI is InChI=1S/C15H25N2O2P/c1-12(9-10-14(16)18)15(20(2,3)19)17-11-13-7-5-4-6-8-13/h4-8,12,15,17H,9-11H2,1-3H3,(H2,16,18). The van der Waals surface area contributed by atoms with Crippen molar-refractivity contribution in [2.24, 2.45) is 11.7 Å². The molecule has 0 saturated carbocycles. The maximum Gasteiger partial charge on any atom is 0.217 e. The number of nitrogens with one attached hydrogen (secondary N) is 1. The van der Waals surface area contributed by atoms with Crippen molar-refractivity contribution in [3.63, 3.8) is 0 Å². The van der Waals surface area contributed by atoms with Gasteiger partial charge in [-0.25, -0.2) is 0 Å². The molecule has 1 rings (SSSR count). The highest BCUT2D eigenvalue weighted by Crippen LogP contribution is 2.45. The number of primary amides is 1. The summed E-state index contributed by atoms with van der Waals surface area (Å²) < 4.78 is 12.4. The zero-order chi connectivity index (χ0) is 15.2. The van der Waals surface area contributed by atoms with E-state index in [1.54, 1.807) is 13.3 Å². The van der Waals surface area contributed by atoms with Gasteiger partial charge in [-0.1, -0.05) is 37.3 Å². The Morgan fingerprint density at radius 2 is 1.90 bits per heavy atom. The molecule has 4 nitrogen and oxygen atoms in total. The monoisotopic (exact) mass is 296 g/mol. The number of carbonyl (C=O) groups excluding carboxylic acids is 1. The molecule has 0 aromatic heterocycles. The summed E-state index contributed by atoms with van der Waals surface area (Å²) in [4.78, 5) is 10.9. The number of nitrogens with two attached hydrogens (primary N) is 1. The van der Waals surface area contributed by atoms with E-state index in [0.29, 0.717) is 19.4 Å². The van der Waals surface area contributed by atoms with Crippen LogP contribution >= 0.6 is 7.14 Å². The van der Waals surface area contributed by atoms with E-state index in [1.165, 1.54) is 0 Å². The lowest BCUT2D eigenvalue weighted by Crippen LogP contribution is -2.34. The van der Waals surface area contributed by atoms with E-state index in [9.17, 15) is 9.36 Å². The first-order chi connectivity index (χ1) is 9.30. The van der Waals surface area contributed by atoms with Gasteiger partial charge in [-0.05, 0) is 31.2 Å². The van der Waals surface area contributed by atoms with Crippen LogP contribution in [0.2, 0.25) is 0 Å². The molecule has 2 unspecified atom stereocenters. The molecule has 0 heterocycles. The van der Waals surface area contributed by atoms with Crippen LogP contribution in [0.1, 0.15) is 25.3 Å². The zero-order valence-corrected chi connectivity index (χ0v) is 13.4. The first-order valence-electron chi connectivity index (χ1n) is 6.91. The molecular formula is C15H25N2O2P. The van der Waals surface area contributed by atoms with Gasteiger partial charge in [0.2, 0.25) is 5.91 Å². The Labute approximate surface area is 121 Å². The van der Waals surface area contributed by atoms with Gasteiger partial charge in [0.25, 0.3) is 0 Å². The van der Waals surface area contributed by atoms with Crippen molar-refractivity contribution in [2.45, 2.75) is 32.1 Å². The second-order valence-corrected chi connectivity index (χ2v) is 9.15. The first-order valence-corrected chi connectivity index (χ1v) is 9.58. The van der Waals surface area contributed by atoms with Crippen LogP contribution in [0.5, 0.6) is 0 Å². The van der Waals surface area contributed by atoms with Crippen molar-refractivity contribution >= 4 is 13.0 Å². The van der Waals surface area contributed by atoms with Crippen LogP contribution < -0.4 is 11.1 Å². The third kappa shape index (κ3) is 5.89. The third-order valence-corrected chi connectivity index (χ3v) is 5.44. The molecule has 1 aromatic carbocycles. The number of amides is 1. The minimum Gasteiger partial charge on any atom is -0.370 e. The zero-order valence-electron chi connectivity index (χ0n) is 12.5. The second kappa shape index (κ2) is 7.61. The van der Waals surface area contributed by atoms with Crippen LogP contribution in [0.3, 0.4) is 0 Å². The summed E-state index contributed by atoms with van der Waals surface area (Å²) in [5.74, 6) is -0.255. The van der Waals surface area contributed by atoms with Gasteiger partial charge >= 0.3 is 0 Å². The van der Waals surface area contributed by atoms with E-state index in [2.05, 4.69) is 5.32 Å². The Kier molecular flexibility index (Phi) is 6.44. The van der Waals surface area contributed by atoms with Crippen molar-refractivity contribution in [2.75, 3.05) is 13.3 Å². The van der Waals surface area contributed by atoms with Crippen LogP contribution in [0, 0.1) is 5.92 Å². The fourth-order valence-corrected chi connectivity index (χ4v) is 4.29. The molecule has 20 heavy (non-hydrogen) atoms. The van der Waals surface area contributed by atoms with Crippen molar-refractivity contribution in [1.29, 1.82) is 0 Å². The van der Waals surface area contributed by atoms with Gasteiger partial charge in [-0.15, -0.1) is 0 Å². The van der Waals surface area contributed by atoms with E-state index in [4.69, 9.17) is 5.73 Å². The molecule has 5 heteroatoms. The smallest absolute Gasteiger partial charge is 0.217 e. The Hall–Kier alpha value is -1.12. The van der Waals surface area contributed by atoms with Crippen LogP contribution in [0.25, 0.3) is 0 Å². The number of carbonyl (C=O) groups is 1. The Morgan fingerprint density at radius 1 is 1.30 bits per heavy atom. The van der Waals surface area contributed by atoms with E-state index >= 15 is 0 Å². The van der Waals surface area contributed by atoms with Gasteiger partial charge in [0.1, 0.15) is 0 Å². The average molecular weight is 296 g/mol. The molecule has 0 aliphatic carbocycles. The van der Waals surface area contributed by atoms with Gasteiger partial charge in [-0.3, -0.25) is 4.79 Å². The molecule has 0 aliphatic rings. The summed E-state index contributed by atoms with van der Waals surface area (Å²) >= 11 is 0. The van der Waals surface area contributed by atoms with Crippen molar-refractivity contribution in [3.05, 3.63) is 35.9 Å². The van der Waals surface area contributed by atoms with Crippen molar-refractivity contribution in [3.8, 4) is 0 Å². The summed E-state index contributed by atoms with van der Waals surface area (Å²) in [5, 5.41) is 3.38. The maximum atomic E-state index is 12.4. The average Bonchev–Trinajstić information content (AvgIpc) is 2.36. The Balaban J connectivity index is 2.65. The predicted molar refractivity (Wildman–Crippen MR) is 84.1 cm³/mol. The molecule has 0 radical (unpaired) electrons. The highest BCUT2D eigenvalue weighted by Gasteiger charge is 2.28. The SMILES string of the molecule is CC(CCC(N)=O)C(NCc1ccccc1)P(C)(C)=O. The van der Waals surface area contributed by atoms with Gasteiger partial charge in [0.05, 0.1) is 12.9 Å². The van der Waals surface area contributed by atoms with E-state index in [-0.39, 0.29) is 17.6 Å².